The topological polar surface area (TPSA) is 84.9 Å². The van der Waals surface area contributed by atoms with Crippen LogP contribution in [0.4, 0.5) is 10.1 Å². The summed E-state index contributed by atoms with van der Waals surface area (Å²) in [4.78, 5) is 13.3. The SMILES string of the molecule is O=C(Nc1ccc(F)c(S(=O)(=O)N2CCOCC2)c1)c1ccccc1SCC1CCCO1. The average molecular weight is 481 g/mol. The van der Waals surface area contributed by atoms with E-state index in [-0.39, 0.29) is 44.0 Å². The van der Waals surface area contributed by atoms with Crippen LogP contribution in [0.15, 0.2) is 52.3 Å². The van der Waals surface area contributed by atoms with Gasteiger partial charge in [-0.15, -0.1) is 11.8 Å². The number of nitrogens with zero attached hydrogens (tertiary/aromatic N) is 1. The van der Waals surface area contributed by atoms with Gasteiger partial charge in [0.15, 0.2) is 0 Å². The Morgan fingerprint density at radius 1 is 1.16 bits per heavy atom. The van der Waals surface area contributed by atoms with Gasteiger partial charge in [-0.2, -0.15) is 4.31 Å². The van der Waals surface area contributed by atoms with Crippen molar-refractivity contribution in [2.75, 3.05) is 44.0 Å². The fourth-order valence-corrected chi connectivity index (χ4v) is 6.26. The van der Waals surface area contributed by atoms with E-state index in [2.05, 4.69) is 5.32 Å². The van der Waals surface area contributed by atoms with E-state index < -0.39 is 20.7 Å². The lowest BCUT2D eigenvalue weighted by atomic mass is 10.2. The Balaban J connectivity index is 1.51. The number of amides is 1. The Morgan fingerprint density at radius 3 is 2.69 bits per heavy atom. The number of hydrogen-bond donors (Lipinski definition) is 1. The van der Waals surface area contributed by atoms with Crippen molar-refractivity contribution in [3.63, 3.8) is 0 Å². The van der Waals surface area contributed by atoms with Crippen LogP contribution >= 0.6 is 11.8 Å². The van der Waals surface area contributed by atoms with E-state index in [0.717, 1.165) is 36.2 Å². The van der Waals surface area contributed by atoms with Gasteiger partial charge >= 0.3 is 0 Å². The highest BCUT2D eigenvalue weighted by Gasteiger charge is 2.29. The summed E-state index contributed by atoms with van der Waals surface area (Å²) in [6, 6.07) is 10.8. The lowest BCUT2D eigenvalue weighted by molar-refractivity contribution is 0.0729. The fraction of sp³-hybridized carbons (Fsp3) is 0.409. The molecule has 7 nitrogen and oxygen atoms in total. The van der Waals surface area contributed by atoms with Crippen LogP contribution in [0, 0.1) is 5.82 Å². The molecule has 2 aliphatic rings. The maximum absolute atomic E-state index is 14.4. The first kappa shape index (κ1) is 23.2. The van der Waals surface area contributed by atoms with Gasteiger partial charge in [0.1, 0.15) is 10.7 Å². The molecule has 0 radical (unpaired) electrons. The highest BCUT2D eigenvalue weighted by atomic mass is 32.2. The number of carbonyl (C=O) groups excluding carboxylic acids is 1. The van der Waals surface area contributed by atoms with Crippen LogP contribution in [0.3, 0.4) is 0 Å². The lowest BCUT2D eigenvalue weighted by Gasteiger charge is -2.26. The predicted molar refractivity (Wildman–Crippen MR) is 120 cm³/mol. The number of benzene rings is 2. The van der Waals surface area contributed by atoms with Crippen molar-refractivity contribution in [3.8, 4) is 0 Å². The minimum absolute atomic E-state index is 0.160. The molecule has 1 N–H and O–H groups in total. The number of carbonyl (C=O) groups is 1. The summed E-state index contributed by atoms with van der Waals surface area (Å²) in [7, 11) is -4.03. The molecule has 0 aliphatic carbocycles. The lowest BCUT2D eigenvalue weighted by Crippen LogP contribution is -2.40. The first-order chi connectivity index (χ1) is 15.4. The molecular weight excluding hydrogens is 455 g/mol. The predicted octanol–water partition coefficient (Wildman–Crippen LogP) is 3.37. The Labute approximate surface area is 191 Å². The van der Waals surface area contributed by atoms with Crippen LogP contribution in [0.1, 0.15) is 23.2 Å². The van der Waals surface area contributed by atoms with Gasteiger partial charge in [-0.05, 0) is 43.2 Å². The molecule has 4 rings (SSSR count). The third-order valence-corrected chi connectivity index (χ3v) is 8.48. The molecule has 10 heteroatoms. The zero-order valence-corrected chi connectivity index (χ0v) is 19.1. The Morgan fingerprint density at radius 2 is 1.94 bits per heavy atom. The molecular formula is C22H25FN2O5S2. The van der Waals surface area contributed by atoms with Gasteiger partial charge in [-0.3, -0.25) is 4.79 Å². The van der Waals surface area contributed by atoms with Crippen LogP contribution in [0.25, 0.3) is 0 Å². The molecule has 32 heavy (non-hydrogen) atoms. The van der Waals surface area contributed by atoms with Crippen LogP contribution in [-0.2, 0) is 19.5 Å². The largest absolute Gasteiger partial charge is 0.379 e. The van der Waals surface area contributed by atoms with E-state index >= 15 is 0 Å². The van der Waals surface area contributed by atoms with Gasteiger partial charge in [-0.25, -0.2) is 12.8 Å². The number of hydrogen-bond acceptors (Lipinski definition) is 6. The first-order valence-electron chi connectivity index (χ1n) is 10.5. The van der Waals surface area contributed by atoms with E-state index in [1.165, 1.54) is 16.4 Å². The van der Waals surface area contributed by atoms with Gasteiger partial charge in [0.2, 0.25) is 10.0 Å². The Hall–Kier alpha value is -1.98. The molecule has 1 unspecified atom stereocenters. The van der Waals surface area contributed by atoms with Crippen molar-refractivity contribution in [1.29, 1.82) is 0 Å². The molecule has 2 saturated heterocycles. The van der Waals surface area contributed by atoms with Crippen molar-refractivity contribution in [3.05, 3.63) is 53.8 Å². The third-order valence-electron chi connectivity index (χ3n) is 5.36. The van der Waals surface area contributed by atoms with E-state index in [0.29, 0.717) is 5.56 Å². The minimum atomic E-state index is -4.03. The molecule has 0 saturated carbocycles. The van der Waals surface area contributed by atoms with Crippen LogP contribution < -0.4 is 5.32 Å². The van der Waals surface area contributed by atoms with E-state index in [4.69, 9.17) is 9.47 Å². The highest BCUT2D eigenvalue weighted by Crippen LogP contribution is 2.28. The van der Waals surface area contributed by atoms with Crippen molar-refractivity contribution < 1.29 is 27.1 Å². The maximum atomic E-state index is 14.4. The van der Waals surface area contributed by atoms with Crippen LogP contribution in [0.5, 0.6) is 0 Å². The molecule has 2 aromatic carbocycles. The zero-order valence-electron chi connectivity index (χ0n) is 17.5. The summed E-state index contributed by atoms with van der Waals surface area (Å²) in [5, 5.41) is 2.71. The minimum Gasteiger partial charge on any atom is -0.379 e. The number of morpholine rings is 1. The summed E-state index contributed by atoms with van der Waals surface area (Å²) in [6.45, 7) is 1.62. The molecule has 2 fully saturated rings. The van der Waals surface area contributed by atoms with E-state index in [1.807, 2.05) is 12.1 Å². The molecule has 2 aliphatic heterocycles. The highest BCUT2D eigenvalue weighted by molar-refractivity contribution is 7.99. The summed E-state index contributed by atoms with van der Waals surface area (Å²) < 4.78 is 52.2. The fourth-order valence-electron chi connectivity index (χ4n) is 3.64. The molecule has 2 aromatic rings. The number of halogens is 1. The second kappa shape index (κ2) is 10.3. The number of ether oxygens (including phenoxy) is 2. The molecule has 1 amide bonds. The first-order valence-corrected chi connectivity index (χ1v) is 12.9. The average Bonchev–Trinajstić information content (AvgIpc) is 3.33. The second-order valence-corrected chi connectivity index (χ2v) is 10.5. The van der Waals surface area contributed by atoms with Gasteiger partial charge in [0.25, 0.3) is 5.91 Å². The smallest absolute Gasteiger partial charge is 0.256 e. The van der Waals surface area contributed by atoms with Gasteiger partial charge in [0.05, 0.1) is 24.9 Å². The summed E-state index contributed by atoms with van der Waals surface area (Å²) >= 11 is 1.55. The summed E-state index contributed by atoms with van der Waals surface area (Å²) in [5.74, 6) is -0.494. The Bertz CT molecular complexity index is 1070. The molecule has 0 bridgehead atoms. The monoisotopic (exact) mass is 480 g/mol. The zero-order chi connectivity index (χ0) is 22.6. The van der Waals surface area contributed by atoms with Crippen molar-refractivity contribution >= 4 is 33.4 Å². The van der Waals surface area contributed by atoms with Crippen molar-refractivity contribution in [2.45, 2.75) is 28.7 Å². The van der Waals surface area contributed by atoms with Crippen LogP contribution in [-0.4, -0.2) is 63.4 Å². The molecule has 0 aromatic heterocycles. The Kier molecular flexibility index (Phi) is 7.47. The quantitative estimate of drug-likeness (QED) is 0.612. The second-order valence-electron chi connectivity index (χ2n) is 7.56. The van der Waals surface area contributed by atoms with Crippen LogP contribution in [0.2, 0.25) is 0 Å². The van der Waals surface area contributed by atoms with Gasteiger partial charge in [0, 0.05) is 36.0 Å². The molecule has 1 atom stereocenters. The number of anilines is 1. The number of thioether (sulfide) groups is 1. The summed E-state index contributed by atoms with van der Waals surface area (Å²) in [5.41, 5.74) is 0.680. The maximum Gasteiger partial charge on any atom is 0.256 e. The molecule has 0 spiro atoms. The number of rotatable bonds is 7. The standard InChI is InChI=1S/C22H25FN2O5S2/c23-19-8-7-16(14-21(19)32(27,28)25-9-12-29-13-10-25)24-22(26)18-5-1-2-6-20(18)31-15-17-4-3-11-30-17/h1-2,5-8,14,17H,3-4,9-13,15H2,(H,24,26). The molecule has 172 valence electrons. The molecule has 2 heterocycles. The normalized spacial score (nSPS) is 19.7. The van der Waals surface area contributed by atoms with E-state index in [9.17, 15) is 17.6 Å². The number of nitrogens with one attached hydrogen (secondary N) is 1. The van der Waals surface area contributed by atoms with Crippen molar-refractivity contribution in [1.82, 2.24) is 4.31 Å². The van der Waals surface area contributed by atoms with E-state index in [1.54, 1.807) is 23.9 Å². The van der Waals surface area contributed by atoms with Gasteiger partial charge < -0.3 is 14.8 Å². The van der Waals surface area contributed by atoms with Gasteiger partial charge in [-0.1, -0.05) is 12.1 Å². The third kappa shape index (κ3) is 5.32. The number of sulfonamides is 1. The summed E-state index contributed by atoms with van der Waals surface area (Å²) in [6.07, 6.45) is 2.24. The van der Waals surface area contributed by atoms with Crippen molar-refractivity contribution in [2.24, 2.45) is 0 Å².